The lowest BCUT2D eigenvalue weighted by Gasteiger charge is -2.62. The Morgan fingerprint density at radius 1 is 1.06 bits per heavy atom. The fourth-order valence-electron chi connectivity index (χ4n) is 6.00. The van der Waals surface area contributed by atoms with Gasteiger partial charge in [0.1, 0.15) is 11.6 Å². The molecule has 2 aromatic rings. The van der Waals surface area contributed by atoms with Gasteiger partial charge in [-0.25, -0.2) is 4.39 Å². The van der Waals surface area contributed by atoms with Gasteiger partial charge in [-0.05, 0) is 50.5 Å². The Labute approximate surface area is 204 Å². The molecule has 0 bridgehead atoms. The Morgan fingerprint density at radius 2 is 1.74 bits per heavy atom. The number of hydrogen-bond acceptors (Lipinski definition) is 4. The van der Waals surface area contributed by atoms with Crippen LogP contribution in [0, 0.1) is 5.82 Å². The molecule has 1 spiro atoms. The highest BCUT2D eigenvalue weighted by molar-refractivity contribution is 6.03. The summed E-state index contributed by atoms with van der Waals surface area (Å²) in [6.45, 7) is 5.59. The molecule has 1 unspecified atom stereocenters. The fourth-order valence-corrected chi connectivity index (χ4v) is 6.00. The molecule has 0 N–H and O–H groups in total. The molecule has 0 aliphatic carbocycles. The molecule has 3 aliphatic heterocycles. The summed E-state index contributed by atoms with van der Waals surface area (Å²) in [4.78, 5) is 46.0. The molecule has 3 amide bonds. The molecule has 7 nitrogen and oxygen atoms in total. The maximum Gasteiger partial charge on any atom is 0.256 e. The minimum Gasteiger partial charge on any atom is -0.497 e. The number of benzene rings is 2. The molecule has 2 saturated heterocycles. The van der Waals surface area contributed by atoms with Crippen LogP contribution in [0.15, 0.2) is 42.5 Å². The van der Waals surface area contributed by atoms with Crippen LogP contribution < -0.4 is 4.74 Å². The van der Waals surface area contributed by atoms with Crippen LogP contribution in [0.1, 0.15) is 58.9 Å². The van der Waals surface area contributed by atoms with E-state index in [1.807, 2.05) is 36.9 Å². The first-order chi connectivity index (χ1) is 16.8. The molecule has 8 heteroatoms. The molecule has 5 rings (SSSR count). The van der Waals surface area contributed by atoms with Crippen LogP contribution in [0.3, 0.4) is 0 Å². The molecule has 35 heavy (non-hydrogen) atoms. The van der Waals surface area contributed by atoms with Gasteiger partial charge in [-0.3, -0.25) is 14.4 Å². The summed E-state index contributed by atoms with van der Waals surface area (Å²) in [7, 11) is 1.44. The van der Waals surface area contributed by atoms with Gasteiger partial charge in [0.25, 0.3) is 11.8 Å². The average Bonchev–Trinajstić information content (AvgIpc) is 3.36. The van der Waals surface area contributed by atoms with Crippen LogP contribution in [0.5, 0.6) is 5.75 Å². The third kappa shape index (κ3) is 3.58. The minimum atomic E-state index is -0.877. The van der Waals surface area contributed by atoms with Crippen molar-refractivity contribution in [1.82, 2.24) is 14.7 Å². The highest BCUT2D eigenvalue weighted by Crippen LogP contribution is 2.48. The summed E-state index contributed by atoms with van der Waals surface area (Å²) in [6, 6.07) is 11.3. The van der Waals surface area contributed by atoms with Crippen molar-refractivity contribution in [2.45, 2.75) is 44.2 Å². The normalized spacial score (nSPS) is 20.8. The highest BCUT2D eigenvalue weighted by atomic mass is 19.1. The number of nitrogens with zero attached hydrogens (tertiary/aromatic N) is 3. The predicted octanol–water partition coefficient (Wildman–Crippen LogP) is 3.30. The van der Waals surface area contributed by atoms with Gasteiger partial charge in [-0.15, -0.1) is 0 Å². The highest BCUT2D eigenvalue weighted by Gasteiger charge is 2.63. The van der Waals surface area contributed by atoms with Crippen molar-refractivity contribution < 1.29 is 23.5 Å². The summed E-state index contributed by atoms with van der Waals surface area (Å²) >= 11 is 0. The zero-order chi connectivity index (χ0) is 24.9. The number of methoxy groups -OCH3 is 1. The van der Waals surface area contributed by atoms with Crippen molar-refractivity contribution in [3.8, 4) is 5.75 Å². The van der Waals surface area contributed by atoms with Gasteiger partial charge in [-0.1, -0.05) is 18.2 Å². The standard InChI is InChI=1S/C27H30FN3O4/c1-17(2)31-25(33)20-9-5-4-8-19(20)23(26(34)29-12-6-7-13-29)27(31)15-30(16-27)24(32)21-11-10-18(35-3)14-22(21)28/h4-5,8-11,14,17,23H,6-7,12-13,15-16H2,1-3H3. The zero-order valence-corrected chi connectivity index (χ0v) is 20.3. The SMILES string of the molecule is COc1ccc(C(=O)N2CC3(C2)C(C(=O)N2CCCC2)c2ccccc2C(=O)N3C(C)C)c(F)c1. The molecule has 0 radical (unpaired) electrons. The second kappa shape index (κ2) is 8.66. The maximum atomic E-state index is 14.7. The largest absolute Gasteiger partial charge is 0.497 e. The third-order valence-electron chi connectivity index (χ3n) is 7.54. The van der Waals surface area contributed by atoms with Crippen molar-refractivity contribution in [2.24, 2.45) is 0 Å². The lowest BCUT2D eigenvalue weighted by atomic mass is 9.67. The van der Waals surface area contributed by atoms with E-state index >= 15 is 0 Å². The molecule has 0 aromatic heterocycles. The van der Waals surface area contributed by atoms with E-state index < -0.39 is 23.2 Å². The number of halogens is 1. The molecule has 3 heterocycles. The van der Waals surface area contributed by atoms with Crippen molar-refractivity contribution >= 4 is 17.7 Å². The summed E-state index contributed by atoms with van der Waals surface area (Å²) in [5, 5.41) is 0. The van der Waals surface area contributed by atoms with Crippen molar-refractivity contribution in [3.05, 3.63) is 65.0 Å². The first kappa shape index (κ1) is 23.3. The first-order valence-corrected chi connectivity index (χ1v) is 12.1. The van der Waals surface area contributed by atoms with Crippen molar-refractivity contribution in [2.75, 3.05) is 33.3 Å². The molecule has 184 valence electrons. The lowest BCUT2D eigenvalue weighted by Crippen LogP contribution is -2.78. The zero-order valence-electron chi connectivity index (χ0n) is 20.3. The molecule has 3 aliphatic rings. The van der Waals surface area contributed by atoms with E-state index in [1.54, 1.807) is 17.0 Å². The average molecular weight is 480 g/mol. The Hall–Kier alpha value is -3.42. The topological polar surface area (TPSA) is 70.2 Å². The van der Waals surface area contributed by atoms with Crippen LogP contribution in [0.4, 0.5) is 4.39 Å². The quantitative estimate of drug-likeness (QED) is 0.675. The smallest absolute Gasteiger partial charge is 0.256 e. The van der Waals surface area contributed by atoms with Crippen molar-refractivity contribution in [1.29, 1.82) is 0 Å². The molecular weight excluding hydrogens is 449 g/mol. The minimum absolute atomic E-state index is 0.00386. The van der Waals surface area contributed by atoms with Crippen LogP contribution in [-0.4, -0.2) is 77.3 Å². The van der Waals surface area contributed by atoms with E-state index in [0.717, 1.165) is 12.8 Å². The van der Waals surface area contributed by atoms with Crippen molar-refractivity contribution in [3.63, 3.8) is 0 Å². The Morgan fingerprint density at radius 3 is 2.37 bits per heavy atom. The van der Waals surface area contributed by atoms with Gasteiger partial charge in [0.15, 0.2) is 0 Å². The first-order valence-electron chi connectivity index (χ1n) is 12.1. The second-order valence-corrected chi connectivity index (χ2v) is 9.93. The number of hydrogen-bond donors (Lipinski definition) is 0. The number of fused-ring (bicyclic) bond motifs is 1. The van der Waals surface area contributed by atoms with Crippen LogP contribution >= 0.6 is 0 Å². The molecule has 0 saturated carbocycles. The maximum absolute atomic E-state index is 14.7. The molecule has 2 aromatic carbocycles. The van der Waals surface area contributed by atoms with Gasteiger partial charge in [0.2, 0.25) is 5.91 Å². The Balaban J connectivity index is 1.54. The predicted molar refractivity (Wildman–Crippen MR) is 128 cm³/mol. The van der Waals surface area contributed by atoms with Gasteiger partial charge in [0.05, 0.1) is 24.1 Å². The van der Waals surface area contributed by atoms with Crippen LogP contribution in [-0.2, 0) is 4.79 Å². The number of rotatable bonds is 4. The fraction of sp³-hybridized carbons (Fsp3) is 0.444. The Bertz CT molecular complexity index is 1180. The second-order valence-electron chi connectivity index (χ2n) is 9.93. The lowest BCUT2D eigenvalue weighted by molar-refractivity contribution is -0.141. The van der Waals surface area contributed by atoms with E-state index in [0.29, 0.717) is 30.0 Å². The molecular formula is C27H30FN3O4. The molecule has 1 atom stereocenters. The summed E-state index contributed by atoms with van der Waals surface area (Å²) in [5.41, 5.74) is 0.323. The number of amides is 3. The third-order valence-corrected chi connectivity index (χ3v) is 7.54. The number of carbonyl (C=O) groups is 3. The number of likely N-dealkylation sites (tertiary alicyclic amines) is 2. The summed E-state index contributed by atoms with van der Waals surface area (Å²) in [6.07, 6.45) is 1.92. The van der Waals surface area contributed by atoms with E-state index in [-0.39, 0.29) is 36.5 Å². The van der Waals surface area contributed by atoms with E-state index in [1.165, 1.54) is 24.1 Å². The van der Waals surface area contributed by atoms with Gasteiger partial charge >= 0.3 is 0 Å². The number of ether oxygens (including phenoxy) is 1. The Kier molecular flexibility index (Phi) is 5.77. The summed E-state index contributed by atoms with van der Waals surface area (Å²) < 4.78 is 19.7. The molecule has 2 fully saturated rings. The summed E-state index contributed by atoms with van der Waals surface area (Å²) in [5.74, 6) is -1.51. The van der Waals surface area contributed by atoms with Gasteiger partial charge in [0, 0.05) is 43.9 Å². The van der Waals surface area contributed by atoms with Crippen LogP contribution in [0.25, 0.3) is 0 Å². The number of carbonyl (C=O) groups excluding carboxylic acids is 3. The van der Waals surface area contributed by atoms with E-state index in [4.69, 9.17) is 4.74 Å². The van der Waals surface area contributed by atoms with Gasteiger partial charge in [-0.2, -0.15) is 0 Å². The van der Waals surface area contributed by atoms with E-state index in [2.05, 4.69) is 0 Å². The monoisotopic (exact) mass is 479 g/mol. The van der Waals surface area contributed by atoms with E-state index in [9.17, 15) is 18.8 Å². The van der Waals surface area contributed by atoms with Gasteiger partial charge < -0.3 is 19.4 Å². The van der Waals surface area contributed by atoms with Crippen LogP contribution in [0.2, 0.25) is 0 Å².